The van der Waals surface area contributed by atoms with Crippen LogP contribution in [0.25, 0.3) is 0 Å². The zero-order valence-electron chi connectivity index (χ0n) is 16.7. The largest absolute Gasteiger partial charge is 0.497 e. The predicted molar refractivity (Wildman–Crippen MR) is 111 cm³/mol. The summed E-state index contributed by atoms with van der Waals surface area (Å²) in [5.41, 5.74) is 2.28. The number of para-hydroxylation sites is 1. The Hall–Kier alpha value is -2.73. The molecule has 2 aromatic carbocycles. The Morgan fingerprint density at radius 2 is 1.79 bits per heavy atom. The third kappa shape index (κ3) is 5.39. The van der Waals surface area contributed by atoms with Gasteiger partial charge in [-0.25, -0.2) is 0 Å². The van der Waals surface area contributed by atoms with E-state index in [0.717, 1.165) is 49.7 Å². The van der Waals surface area contributed by atoms with Crippen molar-refractivity contribution in [1.82, 2.24) is 10.2 Å². The van der Waals surface area contributed by atoms with Gasteiger partial charge in [0.1, 0.15) is 11.5 Å². The minimum absolute atomic E-state index is 0.0738. The number of rotatable bonds is 8. The topological polar surface area (TPSA) is 54.0 Å². The van der Waals surface area contributed by atoms with Gasteiger partial charge in [0.15, 0.2) is 0 Å². The van der Waals surface area contributed by atoms with Crippen molar-refractivity contribution < 1.29 is 14.3 Å². The first-order chi connectivity index (χ1) is 13.7. The maximum absolute atomic E-state index is 12.3. The van der Waals surface area contributed by atoms with Gasteiger partial charge in [0, 0.05) is 44.5 Å². The zero-order chi connectivity index (χ0) is 19.8. The van der Waals surface area contributed by atoms with Gasteiger partial charge in [-0.15, -0.1) is 0 Å². The number of hydrogen-bond acceptors (Lipinski definition) is 5. The van der Waals surface area contributed by atoms with Crippen LogP contribution in [0.3, 0.4) is 0 Å². The lowest BCUT2D eigenvalue weighted by Crippen LogP contribution is -2.49. The van der Waals surface area contributed by atoms with Gasteiger partial charge < -0.3 is 19.7 Å². The van der Waals surface area contributed by atoms with E-state index in [1.54, 1.807) is 14.2 Å². The van der Waals surface area contributed by atoms with E-state index in [9.17, 15) is 4.79 Å². The smallest absolute Gasteiger partial charge is 0.234 e. The lowest BCUT2D eigenvalue weighted by atomic mass is 10.1. The number of ether oxygens (including phenoxy) is 2. The number of nitrogens with one attached hydrogen (secondary N) is 1. The lowest BCUT2D eigenvalue weighted by molar-refractivity contribution is -0.122. The monoisotopic (exact) mass is 383 g/mol. The Bertz CT molecular complexity index is 773. The molecule has 6 nitrogen and oxygen atoms in total. The molecule has 150 valence electrons. The SMILES string of the molecule is COc1cccc(N2CCN(CC(=O)NCCc3ccccc3OC)CC2)c1. The highest BCUT2D eigenvalue weighted by Gasteiger charge is 2.19. The highest BCUT2D eigenvalue weighted by Crippen LogP contribution is 2.22. The molecule has 1 fully saturated rings. The van der Waals surface area contributed by atoms with Crippen LogP contribution in [0.4, 0.5) is 5.69 Å². The molecule has 28 heavy (non-hydrogen) atoms. The molecule has 3 rings (SSSR count). The van der Waals surface area contributed by atoms with Crippen molar-refractivity contribution in [2.45, 2.75) is 6.42 Å². The van der Waals surface area contributed by atoms with Gasteiger partial charge in [0.2, 0.25) is 5.91 Å². The second-order valence-corrected chi connectivity index (χ2v) is 6.88. The van der Waals surface area contributed by atoms with E-state index in [0.29, 0.717) is 13.1 Å². The van der Waals surface area contributed by atoms with E-state index < -0.39 is 0 Å². The first kappa shape index (κ1) is 20.0. The molecular weight excluding hydrogens is 354 g/mol. The Labute approximate surface area is 167 Å². The van der Waals surface area contributed by atoms with Crippen molar-refractivity contribution in [3.63, 3.8) is 0 Å². The average molecular weight is 383 g/mol. The van der Waals surface area contributed by atoms with E-state index in [1.807, 2.05) is 36.4 Å². The molecule has 1 aliphatic heterocycles. The minimum Gasteiger partial charge on any atom is -0.497 e. The Morgan fingerprint density at radius 1 is 1.00 bits per heavy atom. The highest BCUT2D eigenvalue weighted by atomic mass is 16.5. The maximum Gasteiger partial charge on any atom is 0.234 e. The van der Waals surface area contributed by atoms with Crippen molar-refractivity contribution in [3.05, 3.63) is 54.1 Å². The summed E-state index contributed by atoms with van der Waals surface area (Å²) in [7, 11) is 3.35. The zero-order valence-corrected chi connectivity index (χ0v) is 16.7. The molecule has 1 N–H and O–H groups in total. The number of piperazine rings is 1. The Kier molecular flexibility index (Phi) is 7.14. The van der Waals surface area contributed by atoms with Crippen LogP contribution in [0.15, 0.2) is 48.5 Å². The van der Waals surface area contributed by atoms with E-state index in [1.165, 1.54) is 5.69 Å². The fourth-order valence-corrected chi connectivity index (χ4v) is 3.48. The fourth-order valence-electron chi connectivity index (χ4n) is 3.48. The molecule has 0 atom stereocenters. The minimum atomic E-state index is 0.0738. The van der Waals surface area contributed by atoms with Gasteiger partial charge in [-0.3, -0.25) is 9.69 Å². The number of carbonyl (C=O) groups is 1. The summed E-state index contributed by atoms with van der Waals surface area (Å²) in [6.45, 7) is 4.61. The highest BCUT2D eigenvalue weighted by molar-refractivity contribution is 5.78. The molecule has 0 bridgehead atoms. The molecule has 1 heterocycles. The normalized spacial score (nSPS) is 14.6. The summed E-state index contributed by atoms with van der Waals surface area (Å²) >= 11 is 0. The molecule has 0 spiro atoms. The number of amides is 1. The summed E-state index contributed by atoms with van der Waals surface area (Å²) in [5, 5.41) is 3.02. The molecular formula is C22H29N3O3. The number of benzene rings is 2. The summed E-state index contributed by atoms with van der Waals surface area (Å²) in [4.78, 5) is 16.8. The number of carbonyl (C=O) groups excluding carboxylic acids is 1. The third-order valence-corrected chi connectivity index (χ3v) is 5.07. The number of nitrogens with zero attached hydrogens (tertiary/aromatic N) is 2. The maximum atomic E-state index is 12.3. The molecule has 6 heteroatoms. The van der Waals surface area contributed by atoms with E-state index >= 15 is 0 Å². The second kappa shape index (κ2) is 9.99. The number of anilines is 1. The average Bonchev–Trinajstić information content (AvgIpc) is 2.74. The Morgan fingerprint density at radius 3 is 2.54 bits per heavy atom. The molecule has 0 radical (unpaired) electrons. The van der Waals surface area contributed by atoms with Crippen LogP contribution in [0, 0.1) is 0 Å². The summed E-state index contributed by atoms with van der Waals surface area (Å²) in [6, 6.07) is 16.0. The molecule has 1 saturated heterocycles. The predicted octanol–water partition coefficient (Wildman–Crippen LogP) is 2.18. The molecule has 1 amide bonds. The molecule has 1 aliphatic rings. The van der Waals surface area contributed by atoms with Crippen LogP contribution in [0.5, 0.6) is 11.5 Å². The summed E-state index contributed by atoms with van der Waals surface area (Å²) < 4.78 is 10.7. The van der Waals surface area contributed by atoms with Crippen LogP contribution in [0.2, 0.25) is 0 Å². The van der Waals surface area contributed by atoms with Crippen LogP contribution in [-0.2, 0) is 11.2 Å². The van der Waals surface area contributed by atoms with Gasteiger partial charge in [-0.1, -0.05) is 24.3 Å². The van der Waals surface area contributed by atoms with E-state index in [-0.39, 0.29) is 5.91 Å². The molecule has 0 unspecified atom stereocenters. The second-order valence-electron chi connectivity index (χ2n) is 6.88. The van der Waals surface area contributed by atoms with Gasteiger partial charge in [0.25, 0.3) is 0 Å². The Balaban J connectivity index is 1.40. The van der Waals surface area contributed by atoms with Crippen LogP contribution >= 0.6 is 0 Å². The summed E-state index contributed by atoms with van der Waals surface area (Å²) in [5.74, 6) is 1.81. The van der Waals surface area contributed by atoms with Crippen molar-refractivity contribution >= 4 is 11.6 Å². The van der Waals surface area contributed by atoms with Crippen LogP contribution < -0.4 is 19.7 Å². The van der Waals surface area contributed by atoms with Crippen LogP contribution in [0.1, 0.15) is 5.56 Å². The van der Waals surface area contributed by atoms with Crippen LogP contribution in [-0.4, -0.2) is 64.3 Å². The van der Waals surface area contributed by atoms with Crippen molar-refractivity contribution in [2.24, 2.45) is 0 Å². The molecule has 2 aromatic rings. The van der Waals surface area contributed by atoms with Gasteiger partial charge in [-0.05, 0) is 30.2 Å². The first-order valence-electron chi connectivity index (χ1n) is 9.69. The van der Waals surface area contributed by atoms with Gasteiger partial charge in [-0.2, -0.15) is 0 Å². The van der Waals surface area contributed by atoms with Gasteiger partial charge in [0.05, 0.1) is 20.8 Å². The third-order valence-electron chi connectivity index (χ3n) is 5.07. The van der Waals surface area contributed by atoms with E-state index in [2.05, 4.69) is 27.2 Å². The fraction of sp³-hybridized carbons (Fsp3) is 0.409. The van der Waals surface area contributed by atoms with Crippen molar-refractivity contribution in [3.8, 4) is 11.5 Å². The number of methoxy groups -OCH3 is 2. The molecule has 0 saturated carbocycles. The van der Waals surface area contributed by atoms with Crippen molar-refractivity contribution in [2.75, 3.05) is 58.4 Å². The quantitative estimate of drug-likeness (QED) is 0.757. The van der Waals surface area contributed by atoms with Gasteiger partial charge >= 0.3 is 0 Å². The standard InChI is InChI=1S/C22H29N3O3/c1-27-20-8-5-7-19(16-20)25-14-12-24(13-15-25)17-22(26)23-11-10-18-6-3-4-9-21(18)28-2/h3-9,16H,10-15,17H2,1-2H3,(H,23,26). The first-order valence-corrected chi connectivity index (χ1v) is 9.69. The summed E-state index contributed by atoms with van der Waals surface area (Å²) in [6.07, 6.45) is 0.763. The van der Waals surface area contributed by atoms with E-state index in [4.69, 9.17) is 9.47 Å². The molecule has 0 aliphatic carbocycles. The lowest BCUT2D eigenvalue weighted by Gasteiger charge is -2.35. The number of hydrogen-bond donors (Lipinski definition) is 1. The molecule has 0 aromatic heterocycles. The van der Waals surface area contributed by atoms with Crippen molar-refractivity contribution in [1.29, 1.82) is 0 Å².